The highest BCUT2D eigenvalue weighted by Gasteiger charge is 2.33. The number of carbonyl (C=O) groups is 1. The molecule has 3 heterocycles. The first kappa shape index (κ1) is 20.4. The molecular formula is C26H27N5O. The van der Waals surface area contributed by atoms with Crippen LogP contribution >= 0.6 is 0 Å². The molecule has 2 aromatic heterocycles. The predicted octanol–water partition coefficient (Wildman–Crippen LogP) is 4.95. The van der Waals surface area contributed by atoms with Gasteiger partial charge in [-0.25, -0.2) is 9.97 Å². The molecule has 6 nitrogen and oxygen atoms in total. The Morgan fingerprint density at radius 3 is 2.72 bits per heavy atom. The number of amides is 1. The monoisotopic (exact) mass is 425 g/mol. The summed E-state index contributed by atoms with van der Waals surface area (Å²) in [7, 11) is 0. The summed E-state index contributed by atoms with van der Waals surface area (Å²) < 4.78 is 0. The zero-order valence-electron chi connectivity index (χ0n) is 18.0. The standard InChI is InChI=1S/C26H27N5O/c32-26(19-8-3-1-4-9-19)31-15-13-21(18-31)25-29-23(20-10-7-14-27-17-20)16-24(30-25)28-22-11-5-2-6-12-22/h1-3,5-7,10-12,14,16-17,19,21H,4,8-9,13,15,18H2,(H,28,29,30). The van der Waals surface area contributed by atoms with Gasteiger partial charge in [-0.1, -0.05) is 30.4 Å². The highest BCUT2D eigenvalue weighted by Crippen LogP contribution is 2.31. The molecule has 5 rings (SSSR count). The minimum absolute atomic E-state index is 0.122. The maximum absolute atomic E-state index is 13.0. The SMILES string of the molecule is O=C(C1CC=CCC1)N1CCC(c2nc(Nc3ccccc3)cc(-c3cccnc3)n2)C1. The van der Waals surface area contributed by atoms with Crippen LogP contribution in [0.4, 0.5) is 11.5 Å². The van der Waals surface area contributed by atoms with Crippen molar-refractivity contribution in [1.29, 1.82) is 0 Å². The van der Waals surface area contributed by atoms with Gasteiger partial charge in [0.25, 0.3) is 0 Å². The van der Waals surface area contributed by atoms with Gasteiger partial charge in [-0.15, -0.1) is 0 Å². The molecule has 32 heavy (non-hydrogen) atoms. The Hall–Kier alpha value is -3.54. The van der Waals surface area contributed by atoms with Crippen molar-refractivity contribution < 1.29 is 4.79 Å². The molecule has 2 unspecified atom stereocenters. The van der Waals surface area contributed by atoms with Crippen molar-refractivity contribution in [2.75, 3.05) is 18.4 Å². The number of hydrogen-bond donors (Lipinski definition) is 1. The number of likely N-dealkylation sites (tertiary alicyclic amines) is 1. The number of para-hydroxylation sites is 1. The molecule has 1 aliphatic carbocycles. The average molecular weight is 426 g/mol. The Morgan fingerprint density at radius 1 is 1.03 bits per heavy atom. The molecule has 1 fully saturated rings. The molecule has 2 atom stereocenters. The molecule has 0 bridgehead atoms. The Kier molecular flexibility index (Phi) is 5.92. The molecular weight excluding hydrogens is 398 g/mol. The minimum Gasteiger partial charge on any atom is -0.342 e. The Morgan fingerprint density at radius 2 is 1.94 bits per heavy atom. The zero-order valence-corrected chi connectivity index (χ0v) is 18.0. The predicted molar refractivity (Wildman–Crippen MR) is 125 cm³/mol. The molecule has 1 N–H and O–H groups in total. The second kappa shape index (κ2) is 9.30. The topological polar surface area (TPSA) is 71.0 Å². The van der Waals surface area contributed by atoms with Gasteiger partial charge in [0.15, 0.2) is 0 Å². The third-order valence-electron chi connectivity index (χ3n) is 6.23. The number of pyridine rings is 1. The number of anilines is 2. The van der Waals surface area contributed by atoms with Crippen molar-refractivity contribution in [2.45, 2.75) is 31.6 Å². The fourth-order valence-electron chi connectivity index (χ4n) is 4.49. The molecule has 1 aliphatic heterocycles. The average Bonchev–Trinajstić information content (AvgIpc) is 3.36. The van der Waals surface area contributed by atoms with Gasteiger partial charge in [-0.3, -0.25) is 9.78 Å². The first-order chi connectivity index (χ1) is 15.8. The van der Waals surface area contributed by atoms with Crippen molar-refractivity contribution in [2.24, 2.45) is 5.92 Å². The Bertz CT molecular complexity index is 1100. The molecule has 2 aliphatic rings. The Balaban J connectivity index is 1.40. The van der Waals surface area contributed by atoms with Gasteiger partial charge >= 0.3 is 0 Å². The van der Waals surface area contributed by atoms with Gasteiger partial charge in [0.2, 0.25) is 5.91 Å². The molecule has 1 aromatic carbocycles. The van der Waals surface area contributed by atoms with Crippen molar-refractivity contribution in [3.05, 3.63) is 78.9 Å². The van der Waals surface area contributed by atoms with Crippen LogP contribution in [0, 0.1) is 5.92 Å². The number of nitrogens with one attached hydrogen (secondary N) is 1. The molecule has 1 saturated heterocycles. The molecule has 162 valence electrons. The van der Waals surface area contributed by atoms with E-state index in [1.165, 1.54) is 0 Å². The van der Waals surface area contributed by atoms with Crippen molar-refractivity contribution in [3.8, 4) is 11.3 Å². The first-order valence-electron chi connectivity index (χ1n) is 11.3. The van der Waals surface area contributed by atoms with E-state index < -0.39 is 0 Å². The molecule has 0 radical (unpaired) electrons. The van der Waals surface area contributed by atoms with Gasteiger partial charge in [0.05, 0.1) is 5.69 Å². The summed E-state index contributed by atoms with van der Waals surface area (Å²) in [5.74, 6) is 2.07. The lowest BCUT2D eigenvalue weighted by Crippen LogP contribution is -2.34. The second-order valence-corrected chi connectivity index (χ2v) is 8.48. The third kappa shape index (κ3) is 4.54. The number of nitrogens with zero attached hydrogens (tertiary/aromatic N) is 4. The fourth-order valence-corrected chi connectivity index (χ4v) is 4.49. The zero-order chi connectivity index (χ0) is 21.8. The maximum Gasteiger partial charge on any atom is 0.226 e. The summed E-state index contributed by atoms with van der Waals surface area (Å²) >= 11 is 0. The van der Waals surface area contributed by atoms with E-state index in [4.69, 9.17) is 9.97 Å². The molecule has 1 amide bonds. The van der Waals surface area contributed by atoms with Crippen LogP contribution in [-0.2, 0) is 4.79 Å². The van der Waals surface area contributed by atoms with Crippen molar-refractivity contribution in [3.63, 3.8) is 0 Å². The quantitative estimate of drug-likeness (QED) is 0.586. The lowest BCUT2D eigenvalue weighted by molar-refractivity contribution is -0.134. The fraction of sp³-hybridized carbons (Fsp3) is 0.308. The second-order valence-electron chi connectivity index (χ2n) is 8.48. The van der Waals surface area contributed by atoms with Gasteiger partial charge in [-0.2, -0.15) is 0 Å². The van der Waals surface area contributed by atoms with E-state index in [1.54, 1.807) is 6.20 Å². The minimum atomic E-state index is 0.122. The number of hydrogen-bond acceptors (Lipinski definition) is 5. The lowest BCUT2D eigenvalue weighted by atomic mass is 9.93. The van der Waals surface area contributed by atoms with Crippen LogP contribution < -0.4 is 5.32 Å². The maximum atomic E-state index is 13.0. The van der Waals surface area contributed by atoms with E-state index >= 15 is 0 Å². The highest BCUT2D eigenvalue weighted by atomic mass is 16.2. The van der Waals surface area contributed by atoms with Crippen LogP contribution in [0.2, 0.25) is 0 Å². The van der Waals surface area contributed by atoms with Crippen LogP contribution in [0.15, 0.2) is 73.1 Å². The number of carbonyl (C=O) groups excluding carboxylic acids is 1. The number of allylic oxidation sites excluding steroid dienone is 2. The van der Waals surface area contributed by atoms with Crippen LogP contribution in [0.25, 0.3) is 11.3 Å². The van der Waals surface area contributed by atoms with Gasteiger partial charge in [0.1, 0.15) is 11.6 Å². The van der Waals surface area contributed by atoms with Crippen LogP contribution in [0.1, 0.15) is 37.4 Å². The number of rotatable bonds is 5. The van der Waals surface area contributed by atoms with Gasteiger partial charge in [-0.05, 0) is 49.9 Å². The summed E-state index contributed by atoms with van der Waals surface area (Å²) in [6.45, 7) is 1.45. The highest BCUT2D eigenvalue weighted by molar-refractivity contribution is 5.79. The largest absolute Gasteiger partial charge is 0.342 e. The molecule has 0 saturated carbocycles. The van der Waals surface area contributed by atoms with E-state index in [2.05, 4.69) is 22.5 Å². The third-order valence-corrected chi connectivity index (χ3v) is 6.23. The lowest BCUT2D eigenvalue weighted by Gasteiger charge is -2.24. The molecule has 0 spiro atoms. The van der Waals surface area contributed by atoms with Crippen LogP contribution in [0.3, 0.4) is 0 Å². The number of benzene rings is 1. The smallest absolute Gasteiger partial charge is 0.226 e. The van der Waals surface area contributed by atoms with E-state index in [-0.39, 0.29) is 17.7 Å². The van der Waals surface area contributed by atoms with E-state index in [0.717, 1.165) is 60.8 Å². The van der Waals surface area contributed by atoms with E-state index in [1.807, 2.05) is 59.6 Å². The van der Waals surface area contributed by atoms with Crippen LogP contribution in [0.5, 0.6) is 0 Å². The summed E-state index contributed by atoms with van der Waals surface area (Å²) in [5, 5.41) is 3.40. The summed E-state index contributed by atoms with van der Waals surface area (Å²) in [5.41, 5.74) is 2.76. The number of aromatic nitrogens is 3. The van der Waals surface area contributed by atoms with E-state index in [9.17, 15) is 4.79 Å². The van der Waals surface area contributed by atoms with Gasteiger partial charge < -0.3 is 10.2 Å². The van der Waals surface area contributed by atoms with Crippen molar-refractivity contribution in [1.82, 2.24) is 19.9 Å². The van der Waals surface area contributed by atoms with E-state index in [0.29, 0.717) is 6.54 Å². The van der Waals surface area contributed by atoms with Gasteiger partial charge in [0, 0.05) is 54.6 Å². The summed E-state index contributed by atoms with van der Waals surface area (Å²) in [6, 6.07) is 15.9. The molecule has 6 heteroatoms. The Labute approximate surface area is 188 Å². The normalized spacial score (nSPS) is 20.3. The molecule has 3 aromatic rings. The van der Waals surface area contributed by atoms with Crippen molar-refractivity contribution >= 4 is 17.4 Å². The first-order valence-corrected chi connectivity index (χ1v) is 11.3. The summed E-state index contributed by atoms with van der Waals surface area (Å²) in [6.07, 6.45) is 11.6. The summed E-state index contributed by atoms with van der Waals surface area (Å²) in [4.78, 5) is 29.0. The van der Waals surface area contributed by atoms with Crippen LogP contribution in [-0.4, -0.2) is 38.8 Å².